The summed E-state index contributed by atoms with van der Waals surface area (Å²) in [6, 6.07) is 9.65. The minimum absolute atomic E-state index is 1.25. The third-order valence-electron chi connectivity index (χ3n) is 7.39. The molecule has 5 heterocycles. The summed E-state index contributed by atoms with van der Waals surface area (Å²) in [5.74, 6) is 1.25. The van der Waals surface area contributed by atoms with Crippen LogP contribution in [0.4, 0.5) is 0 Å². The van der Waals surface area contributed by atoms with E-state index in [9.17, 15) is 0 Å². The van der Waals surface area contributed by atoms with Gasteiger partial charge in [-0.1, -0.05) is 77.6 Å². The van der Waals surface area contributed by atoms with E-state index in [0.717, 1.165) is 0 Å². The summed E-state index contributed by atoms with van der Waals surface area (Å²) < 4.78 is 5.88. The molecule has 0 N–H and O–H groups in total. The first-order valence-corrected chi connectivity index (χ1v) is 19.9. The molecule has 0 bridgehead atoms. The van der Waals surface area contributed by atoms with Crippen LogP contribution in [-0.4, -0.2) is 5.75 Å². The molecule has 0 amide bonds. The predicted octanol–water partition coefficient (Wildman–Crippen LogP) is 14.4. The predicted molar refractivity (Wildman–Crippen MR) is 188 cm³/mol. The first-order chi connectivity index (χ1) is 19.0. The van der Waals surface area contributed by atoms with Crippen molar-refractivity contribution in [1.82, 2.24) is 0 Å². The fourth-order valence-corrected chi connectivity index (χ4v) is 13.1. The second-order valence-corrected chi connectivity index (χ2v) is 17.7. The zero-order valence-corrected chi connectivity index (χ0v) is 28.9. The molecular formula is C33H42S6. The molecule has 5 aromatic heterocycles. The lowest BCUT2D eigenvalue weighted by atomic mass is 10.1. The second-order valence-electron chi connectivity index (χ2n) is 10.9. The summed E-state index contributed by atoms with van der Waals surface area (Å²) in [7, 11) is 0. The van der Waals surface area contributed by atoms with Gasteiger partial charge in [-0.2, -0.15) is 0 Å². The van der Waals surface area contributed by atoms with Crippen LogP contribution < -0.4 is 0 Å². The fraction of sp³-hybridized carbons (Fsp3) is 0.515. The molecule has 0 aliphatic carbocycles. The molecule has 0 atom stereocenters. The quantitative estimate of drug-likeness (QED) is 0.0772. The van der Waals surface area contributed by atoms with Crippen molar-refractivity contribution >= 4 is 87.2 Å². The van der Waals surface area contributed by atoms with Crippen LogP contribution in [0, 0.1) is 20.8 Å². The minimum Gasteiger partial charge on any atom is -0.139 e. The highest BCUT2D eigenvalue weighted by molar-refractivity contribution is 7.99. The summed E-state index contributed by atoms with van der Waals surface area (Å²) in [5, 5.41) is 0. The van der Waals surface area contributed by atoms with Crippen molar-refractivity contribution in [3.63, 3.8) is 0 Å². The summed E-state index contributed by atoms with van der Waals surface area (Å²) in [4.78, 5) is 10.2. The Kier molecular flexibility index (Phi) is 11.1. The Labute approximate surface area is 259 Å². The molecule has 39 heavy (non-hydrogen) atoms. The van der Waals surface area contributed by atoms with Crippen molar-refractivity contribution in [1.29, 1.82) is 0 Å². The van der Waals surface area contributed by atoms with Crippen LogP contribution in [0.5, 0.6) is 0 Å². The molecule has 0 saturated carbocycles. The van der Waals surface area contributed by atoms with E-state index in [2.05, 4.69) is 63.7 Å². The van der Waals surface area contributed by atoms with Gasteiger partial charge >= 0.3 is 0 Å². The monoisotopic (exact) mass is 630 g/mol. The molecule has 0 aliphatic heterocycles. The van der Waals surface area contributed by atoms with Crippen LogP contribution in [0.3, 0.4) is 0 Å². The number of aryl methyl sites for hydroxylation is 3. The number of hydrogen-bond donors (Lipinski definition) is 0. The van der Waals surface area contributed by atoms with Gasteiger partial charge in [0, 0.05) is 38.7 Å². The van der Waals surface area contributed by atoms with Crippen molar-refractivity contribution in [3.05, 3.63) is 39.6 Å². The van der Waals surface area contributed by atoms with Gasteiger partial charge in [-0.05, 0) is 62.8 Å². The minimum atomic E-state index is 1.25. The average Bonchev–Trinajstić information content (AvgIpc) is 3.70. The fourth-order valence-electron chi connectivity index (χ4n) is 5.28. The van der Waals surface area contributed by atoms with Crippen LogP contribution in [0.15, 0.2) is 29.2 Å². The van der Waals surface area contributed by atoms with Crippen molar-refractivity contribution in [2.75, 3.05) is 5.75 Å². The Hall–Kier alpha value is -0.630. The lowest BCUT2D eigenvalue weighted by Crippen LogP contribution is -1.84. The normalized spacial score (nSPS) is 12.0. The Balaban J connectivity index is 1.12. The molecule has 0 spiro atoms. The largest absolute Gasteiger partial charge is 0.139 e. The van der Waals surface area contributed by atoms with E-state index in [1.54, 1.807) is 0 Å². The van der Waals surface area contributed by atoms with E-state index in [0.29, 0.717) is 0 Å². The molecule has 0 radical (unpaired) electrons. The van der Waals surface area contributed by atoms with Crippen LogP contribution in [0.1, 0.15) is 99.3 Å². The van der Waals surface area contributed by atoms with Gasteiger partial charge in [0.05, 0.1) is 14.3 Å². The molecule has 6 heteroatoms. The third-order valence-corrected chi connectivity index (χ3v) is 15.0. The number of rotatable bonds is 16. The van der Waals surface area contributed by atoms with Gasteiger partial charge in [-0.3, -0.25) is 0 Å². The molecule has 0 nitrogen and oxygen atoms in total. The number of thiophene rings is 5. The Bertz CT molecular complexity index is 1470. The number of unbranched alkanes of at least 4 members (excludes halogenated alkanes) is 11. The SMILES string of the molecule is CCCCCCCCCCCCCCSc1cc(C)sc1-c1sc(-c2cc3sc4cc(C)sc4c3s2)cc1C. The summed E-state index contributed by atoms with van der Waals surface area (Å²) in [6.45, 7) is 9.10. The van der Waals surface area contributed by atoms with Crippen molar-refractivity contribution in [2.45, 2.75) is 110 Å². The summed E-state index contributed by atoms with van der Waals surface area (Å²) in [6.07, 6.45) is 17.0. The van der Waals surface area contributed by atoms with Crippen LogP contribution in [0.25, 0.3) is 38.3 Å². The Morgan fingerprint density at radius 3 is 1.85 bits per heavy atom. The van der Waals surface area contributed by atoms with Gasteiger partial charge in [-0.25, -0.2) is 0 Å². The van der Waals surface area contributed by atoms with Crippen LogP contribution >= 0.6 is 68.4 Å². The first-order valence-electron chi connectivity index (χ1n) is 14.8. The Morgan fingerprint density at radius 2 is 1.13 bits per heavy atom. The lowest BCUT2D eigenvalue weighted by molar-refractivity contribution is 0.548. The van der Waals surface area contributed by atoms with E-state index in [4.69, 9.17) is 0 Å². The van der Waals surface area contributed by atoms with Crippen molar-refractivity contribution < 1.29 is 0 Å². The summed E-state index contributed by atoms with van der Waals surface area (Å²) >= 11 is 12.0. The topological polar surface area (TPSA) is 0 Å². The molecule has 0 saturated heterocycles. The zero-order valence-electron chi connectivity index (χ0n) is 24.0. The highest BCUT2D eigenvalue weighted by Gasteiger charge is 2.19. The molecule has 210 valence electrons. The zero-order chi connectivity index (χ0) is 27.2. The van der Waals surface area contributed by atoms with Crippen LogP contribution in [0.2, 0.25) is 0 Å². The maximum absolute atomic E-state index is 2.44. The van der Waals surface area contributed by atoms with Crippen molar-refractivity contribution in [2.24, 2.45) is 0 Å². The number of hydrogen-bond acceptors (Lipinski definition) is 6. The first kappa shape index (κ1) is 29.8. The lowest BCUT2D eigenvalue weighted by Gasteiger charge is -2.05. The van der Waals surface area contributed by atoms with E-state index in [1.807, 2.05) is 56.7 Å². The van der Waals surface area contributed by atoms with Gasteiger partial charge < -0.3 is 0 Å². The van der Waals surface area contributed by atoms with E-state index in [-0.39, 0.29) is 0 Å². The van der Waals surface area contributed by atoms with Gasteiger partial charge in [0.2, 0.25) is 0 Å². The molecule has 5 rings (SSSR count). The highest BCUT2D eigenvalue weighted by atomic mass is 32.2. The molecule has 0 aromatic carbocycles. The number of thioether (sulfide) groups is 1. The Morgan fingerprint density at radius 1 is 0.538 bits per heavy atom. The summed E-state index contributed by atoms with van der Waals surface area (Å²) in [5.41, 5.74) is 1.43. The van der Waals surface area contributed by atoms with Gasteiger partial charge in [-0.15, -0.1) is 68.4 Å². The average molecular weight is 631 g/mol. The van der Waals surface area contributed by atoms with Gasteiger partial charge in [0.15, 0.2) is 0 Å². The molecule has 0 fully saturated rings. The molecule has 5 aromatic rings. The maximum Gasteiger partial charge on any atom is 0.0636 e. The van der Waals surface area contributed by atoms with Crippen LogP contribution in [-0.2, 0) is 0 Å². The highest BCUT2D eigenvalue weighted by Crippen LogP contribution is 2.50. The van der Waals surface area contributed by atoms with E-state index in [1.165, 1.54) is 141 Å². The molecular weight excluding hydrogens is 589 g/mol. The third kappa shape index (κ3) is 7.61. The molecule has 0 unspecified atom stereocenters. The van der Waals surface area contributed by atoms with E-state index >= 15 is 0 Å². The number of fused-ring (bicyclic) bond motifs is 3. The van der Waals surface area contributed by atoms with Gasteiger partial charge in [0.25, 0.3) is 0 Å². The maximum atomic E-state index is 2.44. The van der Waals surface area contributed by atoms with Gasteiger partial charge in [0.1, 0.15) is 0 Å². The smallest absolute Gasteiger partial charge is 0.0636 e. The standard InChI is InChI=1S/C33H42S6/c1-5-6-7-8-9-10-11-12-13-14-15-16-17-34-27-19-23(3)35-31(27)30-22(2)18-25(38-30)26-21-29-33(39-26)32-28(37-29)20-24(4)36-32/h18-21H,5-17H2,1-4H3. The second kappa shape index (κ2) is 14.5. The molecule has 0 aliphatic rings. The van der Waals surface area contributed by atoms with Crippen molar-refractivity contribution in [3.8, 4) is 19.5 Å². The van der Waals surface area contributed by atoms with E-state index < -0.39 is 0 Å².